The molecule has 0 bridgehead atoms. The zero-order valence-corrected chi connectivity index (χ0v) is 29.1. The van der Waals surface area contributed by atoms with Gasteiger partial charge in [0.1, 0.15) is 0 Å². The molecule has 51 heavy (non-hydrogen) atoms. The van der Waals surface area contributed by atoms with Crippen molar-refractivity contribution >= 4 is 12.6 Å². The minimum atomic E-state index is -0.620. The van der Waals surface area contributed by atoms with Crippen molar-refractivity contribution in [3.8, 4) is 67.8 Å². The Hall–Kier alpha value is -5.76. The molecule has 1 fully saturated rings. The van der Waals surface area contributed by atoms with Gasteiger partial charge in [-0.2, -0.15) is 0 Å². The fourth-order valence-electron chi connectivity index (χ4n) is 6.20. The Kier molecular flexibility index (Phi) is 8.38. The molecule has 0 atom stereocenters. The lowest BCUT2D eigenvalue weighted by molar-refractivity contribution is 0.00578. The fraction of sp³-hybridized carbons (Fsp3) is 0.136. The van der Waals surface area contributed by atoms with Crippen LogP contribution in [0.15, 0.2) is 152 Å². The first-order valence-corrected chi connectivity index (χ1v) is 17.2. The molecule has 0 spiro atoms. The van der Waals surface area contributed by atoms with E-state index in [4.69, 9.17) is 29.2 Å². The lowest BCUT2D eigenvalue weighted by Gasteiger charge is -2.32. The lowest BCUT2D eigenvalue weighted by atomic mass is 9.77. The molecule has 0 radical (unpaired) electrons. The number of rotatable bonds is 7. The maximum Gasteiger partial charge on any atom is 0.494 e. The van der Waals surface area contributed by atoms with Gasteiger partial charge < -0.3 is 9.31 Å². The summed E-state index contributed by atoms with van der Waals surface area (Å²) in [5, 5.41) is 0. The Balaban J connectivity index is 1.35. The van der Waals surface area contributed by atoms with Gasteiger partial charge >= 0.3 is 7.12 Å². The van der Waals surface area contributed by atoms with E-state index in [0.717, 1.165) is 61.6 Å². The summed E-state index contributed by atoms with van der Waals surface area (Å²) in [7, 11) is -0.620. The minimum Gasteiger partial charge on any atom is -0.399 e. The van der Waals surface area contributed by atoms with Crippen molar-refractivity contribution in [2.75, 3.05) is 0 Å². The number of hydrogen-bond donors (Lipinski definition) is 0. The van der Waals surface area contributed by atoms with E-state index in [-0.39, 0.29) is 0 Å². The van der Waals surface area contributed by atoms with E-state index in [9.17, 15) is 0 Å². The van der Waals surface area contributed by atoms with Gasteiger partial charge in [-0.1, -0.05) is 133 Å². The van der Waals surface area contributed by atoms with E-state index < -0.39 is 18.3 Å². The molecule has 3 heterocycles. The van der Waals surface area contributed by atoms with Gasteiger partial charge in [0.15, 0.2) is 11.6 Å². The highest BCUT2D eigenvalue weighted by Crippen LogP contribution is 2.38. The molecule has 2 aromatic heterocycles. The van der Waals surface area contributed by atoms with E-state index in [1.54, 1.807) is 0 Å². The highest BCUT2D eigenvalue weighted by atomic mass is 16.7. The van der Waals surface area contributed by atoms with Crippen LogP contribution in [0.25, 0.3) is 67.8 Å². The molecule has 1 aliphatic rings. The van der Waals surface area contributed by atoms with Crippen LogP contribution in [0.2, 0.25) is 0 Å². The molecule has 0 aliphatic carbocycles. The Bertz CT molecular complexity index is 2040. The van der Waals surface area contributed by atoms with Crippen LogP contribution in [0.1, 0.15) is 27.7 Å². The van der Waals surface area contributed by atoms with Gasteiger partial charge in [0, 0.05) is 33.4 Å². The first kappa shape index (κ1) is 32.4. The molecule has 7 aromatic rings. The van der Waals surface area contributed by atoms with Crippen LogP contribution in [0.5, 0.6) is 0 Å². The zero-order chi connectivity index (χ0) is 35.0. The lowest BCUT2D eigenvalue weighted by Crippen LogP contribution is -2.41. The first-order valence-electron chi connectivity index (χ1n) is 17.2. The summed E-state index contributed by atoms with van der Waals surface area (Å²) < 4.78 is 13.2. The molecule has 0 amide bonds. The van der Waals surface area contributed by atoms with Crippen molar-refractivity contribution in [1.29, 1.82) is 0 Å². The third-order valence-corrected chi connectivity index (χ3v) is 9.73. The van der Waals surface area contributed by atoms with Crippen molar-refractivity contribution in [3.05, 3.63) is 152 Å². The molecule has 5 aromatic carbocycles. The maximum absolute atomic E-state index is 6.60. The van der Waals surface area contributed by atoms with Gasteiger partial charge in [-0.15, -0.1) is 0 Å². The summed E-state index contributed by atoms with van der Waals surface area (Å²) in [5.74, 6) is 1.16. The fourth-order valence-corrected chi connectivity index (χ4v) is 6.20. The molecular formula is C44H37BN4O2. The summed E-state index contributed by atoms with van der Waals surface area (Å²) in [6.07, 6.45) is 0. The first-order chi connectivity index (χ1) is 24.7. The molecule has 7 heteroatoms. The largest absolute Gasteiger partial charge is 0.494 e. The van der Waals surface area contributed by atoms with E-state index in [0.29, 0.717) is 11.6 Å². The van der Waals surface area contributed by atoms with Gasteiger partial charge in [0.2, 0.25) is 0 Å². The molecule has 1 saturated heterocycles. The number of benzene rings is 5. The third-order valence-electron chi connectivity index (χ3n) is 9.73. The predicted molar refractivity (Wildman–Crippen MR) is 206 cm³/mol. The average molecular weight is 665 g/mol. The van der Waals surface area contributed by atoms with Crippen LogP contribution < -0.4 is 5.46 Å². The van der Waals surface area contributed by atoms with Crippen LogP contribution in [-0.4, -0.2) is 38.3 Å². The van der Waals surface area contributed by atoms with E-state index in [1.165, 1.54) is 0 Å². The Morgan fingerprint density at radius 2 is 0.667 bits per heavy atom. The quantitative estimate of drug-likeness (QED) is 0.158. The van der Waals surface area contributed by atoms with Gasteiger partial charge in [-0.3, -0.25) is 0 Å². The SMILES string of the molecule is CC1(C)OB(c2cc(-c3nc(-c4ccccc4)cc(-c4ccccc4)n3)cc(-c3nc(-c4ccccc4)cc(-c4ccccc4)n3)c2)OC1(C)C. The van der Waals surface area contributed by atoms with Gasteiger partial charge in [0.05, 0.1) is 34.0 Å². The molecule has 0 N–H and O–H groups in total. The van der Waals surface area contributed by atoms with Gasteiger partial charge in [-0.05, 0) is 51.4 Å². The molecular weight excluding hydrogens is 627 g/mol. The molecule has 6 nitrogen and oxygen atoms in total. The molecule has 0 unspecified atom stereocenters. The van der Waals surface area contributed by atoms with Crippen LogP contribution >= 0.6 is 0 Å². The van der Waals surface area contributed by atoms with Gasteiger partial charge in [0.25, 0.3) is 0 Å². The van der Waals surface area contributed by atoms with E-state index in [1.807, 2.05) is 84.9 Å². The zero-order valence-electron chi connectivity index (χ0n) is 29.1. The van der Waals surface area contributed by atoms with Crippen LogP contribution in [0, 0.1) is 0 Å². The Morgan fingerprint density at radius 1 is 0.373 bits per heavy atom. The smallest absolute Gasteiger partial charge is 0.399 e. The molecule has 0 saturated carbocycles. The van der Waals surface area contributed by atoms with Crippen LogP contribution in [-0.2, 0) is 9.31 Å². The topological polar surface area (TPSA) is 70.0 Å². The standard InChI is InChI=1S/C44H37BN4O2/c1-43(2)44(3,4)51-45(50-43)36-26-34(41-46-37(30-17-9-5-10-18-30)28-38(47-41)31-19-11-6-12-20-31)25-35(27-36)42-48-39(32-21-13-7-14-22-32)29-40(49-42)33-23-15-8-16-24-33/h5-29H,1-4H3. The maximum atomic E-state index is 6.60. The summed E-state index contributed by atoms with van der Waals surface area (Å²) >= 11 is 0. The van der Waals surface area contributed by atoms with Gasteiger partial charge in [-0.25, -0.2) is 19.9 Å². The summed E-state index contributed by atoms with van der Waals surface area (Å²) in [6, 6.07) is 51.1. The van der Waals surface area contributed by atoms with Crippen molar-refractivity contribution < 1.29 is 9.31 Å². The third kappa shape index (κ3) is 6.62. The van der Waals surface area contributed by atoms with Crippen molar-refractivity contribution in [2.45, 2.75) is 38.9 Å². The normalized spacial score (nSPS) is 14.8. The predicted octanol–water partition coefficient (Wildman–Crippen LogP) is 9.57. The summed E-state index contributed by atoms with van der Waals surface area (Å²) in [4.78, 5) is 20.6. The number of aromatic nitrogens is 4. The highest BCUT2D eigenvalue weighted by Gasteiger charge is 2.51. The second-order valence-corrected chi connectivity index (χ2v) is 13.8. The second-order valence-electron chi connectivity index (χ2n) is 13.8. The number of hydrogen-bond acceptors (Lipinski definition) is 6. The van der Waals surface area contributed by atoms with Crippen molar-refractivity contribution in [2.24, 2.45) is 0 Å². The monoisotopic (exact) mass is 664 g/mol. The van der Waals surface area contributed by atoms with Crippen molar-refractivity contribution in [1.82, 2.24) is 19.9 Å². The molecule has 8 rings (SSSR count). The summed E-state index contributed by atoms with van der Waals surface area (Å²) in [6.45, 7) is 8.26. The van der Waals surface area contributed by atoms with E-state index >= 15 is 0 Å². The second kappa shape index (κ2) is 13.2. The summed E-state index contributed by atoms with van der Waals surface area (Å²) in [5.41, 5.74) is 8.75. The molecule has 248 valence electrons. The molecule has 1 aliphatic heterocycles. The Morgan fingerprint density at radius 3 is 0.961 bits per heavy atom. The van der Waals surface area contributed by atoms with E-state index in [2.05, 4.69) is 94.4 Å². The number of nitrogens with zero attached hydrogens (tertiary/aromatic N) is 4. The Labute approximate surface area is 299 Å². The highest BCUT2D eigenvalue weighted by molar-refractivity contribution is 6.62. The average Bonchev–Trinajstić information content (AvgIpc) is 3.41. The van der Waals surface area contributed by atoms with Crippen LogP contribution in [0.3, 0.4) is 0 Å². The van der Waals surface area contributed by atoms with Crippen molar-refractivity contribution in [3.63, 3.8) is 0 Å². The van der Waals surface area contributed by atoms with Crippen LogP contribution in [0.4, 0.5) is 0 Å². The minimum absolute atomic E-state index is 0.526.